The number of primary amides is 1. The number of aryl methyl sites for hydroxylation is 2. The predicted molar refractivity (Wildman–Crippen MR) is 127 cm³/mol. The molecule has 0 atom stereocenters. The quantitative estimate of drug-likeness (QED) is 0.438. The van der Waals surface area contributed by atoms with Gasteiger partial charge in [0.05, 0.1) is 25.3 Å². The maximum atomic E-state index is 11.3. The number of hydrogen-bond donors (Lipinski definition) is 2. The standard InChI is InChI=1S/C17H15NO2.C9H11NO3/c19-17(20)15-12-18(16-9-5-4-8-14(15)16)11-10-13-6-2-1-3-7-13;1-12-6-3-4-7(9(10)11)8(5-6)13-2/h1-9,12H,10-11H2,(H,19,20);3-5H,1-2H3,(H2,10,11). The van der Waals surface area contributed by atoms with E-state index in [1.807, 2.05) is 47.0 Å². The van der Waals surface area contributed by atoms with Crippen LogP contribution in [0.25, 0.3) is 10.9 Å². The minimum atomic E-state index is -0.875. The largest absolute Gasteiger partial charge is 0.497 e. The Hall–Kier alpha value is -4.26. The van der Waals surface area contributed by atoms with Gasteiger partial charge in [-0.25, -0.2) is 4.79 Å². The molecule has 33 heavy (non-hydrogen) atoms. The highest BCUT2D eigenvalue weighted by molar-refractivity contribution is 6.03. The number of carbonyl (C=O) groups excluding carboxylic acids is 1. The third-order valence-electron chi connectivity index (χ3n) is 5.18. The highest BCUT2D eigenvalue weighted by Gasteiger charge is 2.13. The molecule has 3 N–H and O–H groups in total. The van der Waals surface area contributed by atoms with E-state index < -0.39 is 11.9 Å². The number of amides is 1. The number of fused-ring (bicyclic) bond motifs is 1. The van der Waals surface area contributed by atoms with Crippen molar-refractivity contribution in [2.75, 3.05) is 14.2 Å². The molecule has 1 amide bonds. The topological polar surface area (TPSA) is 104 Å². The predicted octanol–water partition coefficient (Wildman–Crippen LogP) is 4.38. The van der Waals surface area contributed by atoms with Gasteiger partial charge in [-0.1, -0.05) is 48.5 Å². The number of nitrogens with zero attached hydrogens (tertiary/aromatic N) is 1. The van der Waals surface area contributed by atoms with Gasteiger partial charge in [-0.15, -0.1) is 0 Å². The summed E-state index contributed by atoms with van der Waals surface area (Å²) < 4.78 is 11.9. The van der Waals surface area contributed by atoms with E-state index in [1.165, 1.54) is 12.7 Å². The molecule has 0 spiro atoms. The summed E-state index contributed by atoms with van der Waals surface area (Å²) in [6.45, 7) is 0.776. The summed E-state index contributed by atoms with van der Waals surface area (Å²) >= 11 is 0. The fourth-order valence-electron chi connectivity index (χ4n) is 3.50. The molecular formula is C26H26N2O5. The second-order valence-electron chi connectivity index (χ2n) is 7.22. The molecule has 1 aromatic heterocycles. The van der Waals surface area contributed by atoms with Gasteiger partial charge in [0.25, 0.3) is 5.91 Å². The van der Waals surface area contributed by atoms with Crippen molar-refractivity contribution in [1.29, 1.82) is 0 Å². The number of aromatic carboxylic acids is 1. The summed E-state index contributed by atoms with van der Waals surface area (Å²) in [5.41, 5.74) is 8.07. The molecule has 0 saturated heterocycles. The highest BCUT2D eigenvalue weighted by atomic mass is 16.5. The first-order chi connectivity index (χ1) is 15.9. The first-order valence-corrected chi connectivity index (χ1v) is 10.3. The number of aromatic nitrogens is 1. The number of para-hydroxylation sites is 1. The molecule has 7 nitrogen and oxygen atoms in total. The molecule has 0 aliphatic heterocycles. The highest BCUT2D eigenvalue weighted by Crippen LogP contribution is 2.24. The molecule has 0 unspecified atom stereocenters. The van der Waals surface area contributed by atoms with Gasteiger partial charge in [0, 0.05) is 29.7 Å². The van der Waals surface area contributed by atoms with Crippen LogP contribution in [0.2, 0.25) is 0 Å². The Balaban J connectivity index is 0.000000205. The van der Waals surface area contributed by atoms with Crippen molar-refractivity contribution in [3.05, 3.63) is 95.7 Å². The van der Waals surface area contributed by atoms with E-state index in [0.29, 0.717) is 22.6 Å². The number of carboxylic acids is 1. The van der Waals surface area contributed by atoms with Crippen molar-refractivity contribution in [1.82, 2.24) is 4.57 Å². The van der Waals surface area contributed by atoms with Crippen LogP contribution in [-0.2, 0) is 13.0 Å². The summed E-state index contributed by atoms with van der Waals surface area (Å²) in [5.74, 6) is -0.340. The maximum absolute atomic E-state index is 11.3. The second-order valence-corrected chi connectivity index (χ2v) is 7.22. The van der Waals surface area contributed by atoms with Crippen molar-refractivity contribution in [3.63, 3.8) is 0 Å². The molecule has 170 valence electrons. The van der Waals surface area contributed by atoms with Crippen molar-refractivity contribution in [2.24, 2.45) is 5.73 Å². The molecule has 7 heteroatoms. The monoisotopic (exact) mass is 446 g/mol. The van der Waals surface area contributed by atoms with Gasteiger partial charge in [-0.3, -0.25) is 4.79 Å². The SMILES string of the molecule is COc1ccc(C(N)=O)c(OC)c1.O=C(O)c1cn(CCc2ccccc2)c2ccccc12. The molecule has 1 heterocycles. The molecule has 4 aromatic rings. The summed E-state index contributed by atoms with van der Waals surface area (Å²) in [5, 5.41) is 10.1. The Kier molecular flexibility index (Phi) is 7.70. The minimum absolute atomic E-state index is 0.350. The Labute approximate surface area is 192 Å². The first kappa shape index (κ1) is 23.4. The third-order valence-corrected chi connectivity index (χ3v) is 5.18. The van der Waals surface area contributed by atoms with Gasteiger partial charge in [0.15, 0.2) is 0 Å². The van der Waals surface area contributed by atoms with Gasteiger partial charge in [-0.2, -0.15) is 0 Å². The van der Waals surface area contributed by atoms with Crippen molar-refractivity contribution in [3.8, 4) is 11.5 Å². The Bertz CT molecular complexity index is 1250. The number of nitrogens with two attached hydrogens (primary N) is 1. The van der Waals surface area contributed by atoms with Crippen LogP contribution in [0.5, 0.6) is 11.5 Å². The van der Waals surface area contributed by atoms with Gasteiger partial charge < -0.3 is 24.9 Å². The van der Waals surface area contributed by atoms with E-state index in [1.54, 1.807) is 31.5 Å². The van der Waals surface area contributed by atoms with Gasteiger partial charge in [0.1, 0.15) is 11.5 Å². The lowest BCUT2D eigenvalue weighted by atomic mass is 10.1. The van der Waals surface area contributed by atoms with Crippen LogP contribution in [0, 0.1) is 0 Å². The van der Waals surface area contributed by atoms with E-state index in [0.717, 1.165) is 23.9 Å². The number of benzene rings is 3. The third kappa shape index (κ3) is 5.71. The van der Waals surface area contributed by atoms with E-state index in [-0.39, 0.29) is 0 Å². The fraction of sp³-hybridized carbons (Fsp3) is 0.154. The fourth-order valence-corrected chi connectivity index (χ4v) is 3.50. The van der Waals surface area contributed by atoms with E-state index >= 15 is 0 Å². The Morgan fingerprint density at radius 1 is 0.909 bits per heavy atom. The van der Waals surface area contributed by atoms with E-state index in [4.69, 9.17) is 15.2 Å². The molecule has 0 bridgehead atoms. The Morgan fingerprint density at radius 2 is 1.61 bits per heavy atom. The number of carboxylic acid groups (broad SMARTS) is 1. The molecular weight excluding hydrogens is 420 g/mol. The average Bonchev–Trinajstić information content (AvgIpc) is 3.22. The lowest BCUT2D eigenvalue weighted by Gasteiger charge is -2.06. The van der Waals surface area contributed by atoms with Gasteiger partial charge in [0.2, 0.25) is 0 Å². The number of carbonyl (C=O) groups is 2. The summed E-state index contributed by atoms with van der Waals surface area (Å²) in [7, 11) is 3.01. The first-order valence-electron chi connectivity index (χ1n) is 10.3. The Morgan fingerprint density at radius 3 is 2.24 bits per heavy atom. The van der Waals surface area contributed by atoms with E-state index in [9.17, 15) is 14.7 Å². The zero-order chi connectivity index (χ0) is 23.8. The molecule has 0 saturated carbocycles. The lowest BCUT2D eigenvalue weighted by Crippen LogP contribution is -2.12. The van der Waals surface area contributed by atoms with Crippen molar-refractivity contribution >= 4 is 22.8 Å². The number of ether oxygens (including phenoxy) is 2. The smallest absolute Gasteiger partial charge is 0.337 e. The van der Waals surface area contributed by atoms with Crippen LogP contribution in [-0.4, -0.2) is 35.8 Å². The zero-order valence-electron chi connectivity index (χ0n) is 18.5. The van der Waals surface area contributed by atoms with Crippen molar-refractivity contribution in [2.45, 2.75) is 13.0 Å². The van der Waals surface area contributed by atoms with Crippen molar-refractivity contribution < 1.29 is 24.2 Å². The summed E-state index contributed by atoms with van der Waals surface area (Å²) in [6.07, 6.45) is 2.62. The van der Waals surface area contributed by atoms with Crippen LogP contribution in [0.15, 0.2) is 79.0 Å². The van der Waals surface area contributed by atoms with Crippen LogP contribution in [0.3, 0.4) is 0 Å². The normalized spacial score (nSPS) is 10.2. The van der Waals surface area contributed by atoms with E-state index in [2.05, 4.69) is 12.1 Å². The lowest BCUT2D eigenvalue weighted by molar-refractivity contribution is 0.0698. The summed E-state index contributed by atoms with van der Waals surface area (Å²) in [6, 6.07) is 22.7. The van der Waals surface area contributed by atoms with Crippen LogP contribution < -0.4 is 15.2 Å². The second kappa shape index (κ2) is 10.9. The molecule has 0 radical (unpaired) electrons. The van der Waals surface area contributed by atoms with Crippen LogP contribution >= 0.6 is 0 Å². The minimum Gasteiger partial charge on any atom is -0.497 e. The number of rotatable bonds is 7. The zero-order valence-corrected chi connectivity index (χ0v) is 18.5. The number of hydrogen-bond acceptors (Lipinski definition) is 4. The van der Waals surface area contributed by atoms with Crippen LogP contribution in [0.4, 0.5) is 0 Å². The number of methoxy groups -OCH3 is 2. The molecule has 0 aliphatic carbocycles. The van der Waals surface area contributed by atoms with Crippen LogP contribution in [0.1, 0.15) is 26.3 Å². The van der Waals surface area contributed by atoms with Gasteiger partial charge >= 0.3 is 5.97 Å². The summed E-state index contributed by atoms with van der Waals surface area (Å²) in [4.78, 5) is 22.2. The van der Waals surface area contributed by atoms with Gasteiger partial charge in [-0.05, 0) is 30.2 Å². The molecule has 0 fully saturated rings. The maximum Gasteiger partial charge on any atom is 0.337 e. The molecule has 0 aliphatic rings. The average molecular weight is 447 g/mol. The molecule has 3 aromatic carbocycles. The molecule has 4 rings (SSSR count).